The van der Waals surface area contributed by atoms with Gasteiger partial charge >= 0.3 is 0 Å². The van der Waals surface area contributed by atoms with E-state index >= 15 is 0 Å². The number of amides is 2. The van der Waals surface area contributed by atoms with E-state index in [0.29, 0.717) is 30.7 Å². The van der Waals surface area contributed by atoms with E-state index in [2.05, 4.69) is 4.98 Å². The maximum atomic E-state index is 13.1. The maximum absolute atomic E-state index is 13.1. The van der Waals surface area contributed by atoms with E-state index < -0.39 is 0 Å². The van der Waals surface area contributed by atoms with Crippen LogP contribution in [0, 0.1) is 5.92 Å². The average Bonchev–Trinajstić information content (AvgIpc) is 3.17. The van der Waals surface area contributed by atoms with Crippen LogP contribution in [0.25, 0.3) is 0 Å². The van der Waals surface area contributed by atoms with E-state index in [-0.39, 0.29) is 24.2 Å². The lowest BCUT2D eigenvalue weighted by molar-refractivity contribution is -0.128. The first kappa shape index (κ1) is 14.9. The zero-order valence-corrected chi connectivity index (χ0v) is 13.3. The number of carbonyl (C=O) groups excluding carboxylic acids is 2. The number of hydrogen-bond donors (Lipinski definition) is 0. The van der Waals surface area contributed by atoms with Gasteiger partial charge in [-0.25, -0.2) is 4.98 Å². The first-order chi connectivity index (χ1) is 11.7. The summed E-state index contributed by atoms with van der Waals surface area (Å²) in [6.07, 6.45) is 5.65. The van der Waals surface area contributed by atoms with Crippen molar-refractivity contribution in [2.75, 3.05) is 11.4 Å². The third-order valence-corrected chi connectivity index (χ3v) is 4.58. The molecule has 6 nitrogen and oxygen atoms in total. The zero-order valence-electron chi connectivity index (χ0n) is 13.3. The number of rotatable bonds is 5. The summed E-state index contributed by atoms with van der Waals surface area (Å²) < 4.78 is 5.39. The van der Waals surface area contributed by atoms with Crippen molar-refractivity contribution in [1.29, 1.82) is 0 Å². The van der Waals surface area contributed by atoms with Crippen molar-refractivity contribution in [2.45, 2.75) is 31.8 Å². The van der Waals surface area contributed by atoms with Crippen LogP contribution in [0.4, 0.5) is 5.82 Å². The maximum Gasteiger partial charge on any atom is 0.233 e. The number of hydrogen-bond acceptors (Lipinski definition) is 4. The van der Waals surface area contributed by atoms with Crippen molar-refractivity contribution in [2.24, 2.45) is 5.92 Å². The average molecular weight is 325 g/mol. The third kappa shape index (κ3) is 2.91. The van der Waals surface area contributed by atoms with E-state index in [1.165, 1.54) is 0 Å². The Labute approximate surface area is 140 Å². The van der Waals surface area contributed by atoms with Crippen LogP contribution in [-0.2, 0) is 16.1 Å². The number of furan rings is 1. The molecule has 1 saturated carbocycles. The highest BCUT2D eigenvalue weighted by atomic mass is 16.3. The smallest absolute Gasteiger partial charge is 0.233 e. The van der Waals surface area contributed by atoms with E-state index in [4.69, 9.17) is 4.42 Å². The summed E-state index contributed by atoms with van der Waals surface area (Å²) in [5.74, 6) is 0.986. The lowest BCUT2D eigenvalue weighted by Crippen LogP contribution is -2.37. The van der Waals surface area contributed by atoms with Gasteiger partial charge in [-0.3, -0.25) is 14.5 Å². The van der Waals surface area contributed by atoms with Crippen molar-refractivity contribution in [3.05, 3.63) is 48.6 Å². The molecule has 0 radical (unpaired) electrons. The van der Waals surface area contributed by atoms with E-state index in [0.717, 1.165) is 12.8 Å². The largest absolute Gasteiger partial charge is 0.467 e. The molecule has 0 N–H and O–H groups in total. The normalized spacial score (nSPS) is 20.4. The quantitative estimate of drug-likeness (QED) is 0.845. The van der Waals surface area contributed by atoms with Gasteiger partial charge in [0.15, 0.2) is 0 Å². The molecule has 1 saturated heterocycles. The molecule has 2 amide bonds. The van der Waals surface area contributed by atoms with Crippen LogP contribution in [0.3, 0.4) is 0 Å². The lowest BCUT2D eigenvalue weighted by Gasteiger charge is -2.24. The topological polar surface area (TPSA) is 66.7 Å². The minimum atomic E-state index is -0.310. The van der Waals surface area contributed by atoms with Crippen molar-refractivity contribution < 1.29 is 14.0 Å². The number of likely N-dealkylation sites (tertiary alicyclic amines) is 1. The Morgan fingerprint density at radius 1 is 1.29 bits per heavy atom. The molecular formula is C18H19N3O3. The van der Waals surface area contributed by atoms with Gasteiger partial charge in [-0.05, 0) is 37.1 Å². The van der Waals surface area contributed by atoms with Gasteiger partial charge in [-0.2, -0.15) is 0 Å². The SMILES string of the molecule is O=C([C@H]1CC(=O)N(C2CC2)C1)N(Cc1ccco1)c1ccccn1. The Hall–Kier alpha value is -2.63. The molecule has 0 spiro atoms. The first-order valence-electron chi connectivity index (χ1n) is 8.26. The summed E-state index contributed by atoms with van der Waals surface area (Å²) >= 11 is 0. The number of anilines is 1. The first-order valence-corrected chi connectivity index (χ1v) is 8.26. The van der Waals surface area contributed by atoms with Gasteiger partial charge in [0.25, 0.3) is 0 Å². The number of carbonyl (C=O) groups is 2. The summed E-state index contributed by atoms with van der Waals surface area (Å²) in [7, 11) is 0. The predicted octanol–water partition coefficient (Wildman–Crippen LogP) is 2.22. The second-order valence-corrected chi connectivity index (χ2v) is 6.37. The molecule has 1 aliphatic carbocycles. The van der Waals surface area contributed by atoms with Gasteiger partial charge < -0.3 is 9.32 Å². The molecule has 6 heteroatoms. The molecule has 4 rings (SSSR count). The second-order valence-electron chi connectivity index (χ2n) is 6.37. The fraction of sp³-hybridized carbons (Fsp3) is 0.389. The Balaban J connectivity index is 1.56. The molecule has 1 atom stereocenters. The molecule has 124 valence electrons. The van der Waals surface area contributed by atoms with Gasteiger partial charge in [0.1, 0.15) is 11.6 Å². The van der Waals surface area contributed by atoms with Gasteiger partial charge in [-0.1, -0.05) is 6.07 Å². The minimum absolute atomic E-state index is 0.0680. The van der Waals surface area contributed by atoms with Crippen LogP contribution < -0.4 is 4.90 Å². The molecule has 24 heavy (non-hydrogen) atoms. The van der Waals surface area contributed by atoms with Gasteiger partial charge in [-0.15, -0.1) is 0 Å². The number of aromatic nitrogens is 1. The minimum Gasteiger partial charge on any atom is -0.467 e. The molecule has 0 bridgehead atoms. The van der Waals surface area contributed by atoms with Crippen molar-refractivity contribution in [3.8, 4) is 0 Å². The number of nitrogens with zero attached hydrogens (tertiary/aromatic N) is 3. The van der Waals surface area contributed by atoms with Crippen molar-refractivity contribution in [3.63, 3.8) is 0 Å². The summed E-state index contributed by atoms with van der Waals surface area (Å²) in [6, 6.07) is 9.44. The van der Waals surface area contributed by atoms with Gasteiger partial charge in [0, 0.05) is 25.2 Å². The van der Waals surface area contributed by atoms with Crippen molar-refractivity contribution in [1.82, 2.24) is 9.88 Å². The summed E-state index contributed by atoms with van der Waals surface area (Å²) in [6.45, 7) is 0.834. The lowest BCUT2D eigenvalue weighted by atomic mass is 10.1. The molecule has 1 aliphatic heterocycles. The Kier molecular flexibility index (Phi) is 3.80. The van der Waals surface area contributed by atoms with Gasteiger partial charge in [0.05, 0.1) is 18.7 Å². The zero-order chi connectivity index (χ0) is 16.5. The van der Waals surface area contributed by atoms with E-state index in [1.807, 2.05) is 23.1 Å². The summed E-state index contributed by atoms with van der Waals surface area (Å²) in [5.41, 5.74) is 0. The third-order valence-electron chi connectivity index (χ3n) is 4.58. The molecule has 3 heterocycles. The van der Waals surface area contributed by atoms with Gasteiger partial charge in [0.2, 0.25) is 11.8 Å². The standard InChI is InChI=1S/C18H19N3O3/c22-17-10-13(11-20(17)14-6-7-14)18(23)21(12-15-4-3-9-24-15)16-5-1-2-8-19-16/h1-5,8-9,13-14H,6-7,10-12H2/t13-/m0/s1. The summed E-state index contributed by atoms with van der Waals surface area (Å²) in [4.78, 5) is 33.0. The monoisotopic (exact) mass is 325 g/mol. The van der Waals surface area contributed by atoms with Crippen LogP contribution in [0.1, 0.15) is 25.0 Å². The van der Waals surface area contributed by atoms with Crippen LogP contribution in [0.2, 0.25) is 0 Å². The fourth-order valence-electron chi connectivity index (χ4n) is 3.20. The Morgan fingerprint density at radius 3 is 2.83 bits per heavy atom. The van der Waals surface area contributed by atoms with Crippen LogP contribution in [0.15, 0.2) is 47.2 Å². The van der Waals surface area contributed by atoms with Crippen LogP contribution in [-0.4, -0.2) is 34.3 Å². The Bertz CT molecular complexity index is 725. The van der Waals surface area contributed by atoms with E-state index in [1.54, 1.807) is 29.5 Å². The molecule has 2 aliphatic rings. The highest BCUT2D eigenvalue weighted by Crippen LogP contribution is 2.33. The fourth-order valence-corrected chi connectivity index (χ4v) is 3.20. The Morgan fingerprint density at radius 2 is 2.17 bits per heavy atom. The molecule has 2 aromatic rings. The molecular weight excluding hydrogens is 306 g/mol. The molecule has 0 unspecified atom stereocenters. The van der Waals surface area contributed by atoms with Crippen LogP contribution >= 0.6 is 0 Å². The summed E-state index contributed by atoms with van der Waals surface area (Å²) in [5, 5.41) is 0. The second kappa shape index (κ2) is 6.11. The van der Waals surface area contributed by atoms with Crippen LogP contribution in [0.5, 0.6) is 0 Å². The molecule has 0 aromatic carbocycles. The molecule has 2 aromatic heterocycles. The highest BCUT2D eigenvalue weighted by molar-refractivity contribution is 5.98. The number of pyridine rings is 1. The molecule has 2 fully saturated rings. The highest BCUT2D eigenvalue weighted by Gasteiger charge is 2.43. The van der Waals surface area contributed by atoms with Crippen molar-refractivity contribution >= 4 is 17.6 Å². The predicted molar refractivity (Wildman–Crippen MR) is 87.0 cm³/mol. The van der Waals surface area contributed by atoms with E-state index in [9.17, 15) is 9.59 Å².